The second-order valence-electron chi connectivity index (χ2n) is 3.01. The molecular weight excluding hydrogens is 208 g/mol. The van der Waals surface area contributed by atoms with E-state index in [0.717, 1.165) is 0 Å². The highest BCUT2D eigenvalue weighted by atomic mass is 16.2. The van der Waals surface area contributed by atoms with Crippen LogP contribution in [0.1, 0.15) is 30.8 Å². The number of nitriles is 2. The number of hydrogen-bond acceptors (Lipinski definition) is 5. The van der Waals surface area contributed by atoms with Gasteiger partial charge >= 0.3 is 0 Å². The highest BCUT2D eigenvalue weighted by molar-refractivity contribution is 5.79. The van der Waals surface area contributed by atoms with Gasteiger partial charge in [-0.05, 0) is 6.42 Å². The van der Waals surface area contributed by atoms with E-state index in [0.29, 0.717) is 6.42 Å². The molecule has 1 aromatic heterocycles. The van der Waals surface area contributed by atoms with Gasteiger partial charge in [-0.3, -0.25) is 10.2 Å². The van der Waals surface area contributed by atoms with Crippen LogP contribution >= 0.6 is 0 Å². The molecule has 1 unspecified atom stereocenters. The topological polar surface area (TPSA) is 121 Å². The molecule has 7 nitrogen and oxygen atoms in total. The Labute approximate surface area is 92.1 Å². The highest BCUT2D eigenvalue weighted by Gasteiger charge is 2.22. The first-order valence-corrected chi connectivity index (χ1v) is 4.57. The summed E-state index contributed by atoms with van der Waals surface area (Å²) in [6.45, 7) is 1.77. The van der Waals surface area contributed by atoms with Crippen molar-refractivity contribution in [1.82, 2.24) is 15.0 Å². The third-order valence-electron chi connectivity index (χ3n) is 2.17. The minimum Gasteiger partial charge on any atom is -0.309 e. The van der Waals surface area contributed by atoms with Gasteiger partial charge in [0.15, 0.2) is 11.4 Å². The number of carbonyl (C=O) groups excluding carboxylic acids is 1. The lowest BCUT2D eigenvalue weighted by atomic mass is 10.2. The number of aromatic nitrogens is 2. The van der Waals surface area contributed by atoms with Crippen LogP contribution in [0.4, 0.5) is 0 Å². The van der Waals surface area contributed by atoms with E-state index in [1.165, 1.54) is 10.9 Å². The van der Waals surface area contributed by atoms with Crippen LogP contribution in [0.25, 0.3) is 0 Å². The summed E-state index contributed by atoms with van der Waals surface area (Å²) < 4.78 is 1.35. The summed E-state index contributed by atoms with van der Waals surface area (Å²) in [7, 11) is 0. The molecule has 0 spiro atoms. The molecule has 1 atom stereocenters. The SMILES string of the molecule is CCC(C(=O)NN)n1cnc(C#N)c1C#N. The third-order valence-corrected chi connectivity index (χ3v) is 2.17. The van der Waals surface area contributed by atoms with Crippen molar-refractivity contribution in [2.75, 3.05) is 0 Å². The van der Waals surface area contributed by atoms with Gasteiger partial charge in [0.1, 0.15) is 18.2 Å². The van der Waals surface area contributed by atoms with Crippen LogP contribution in [0.15, 0.2) is 6.33 Å². The number of nitrogens with two attached hydrogens (primary N) is 1. The maximum atomic E-state index is 11.4. The molecular formula is C9H10N6O. The van der Waals surface area contributed by atoms with E-state index in [-0.39, 0.29) is 11.4 Å². The van der Waals surface area contributed by atoms with Crippen LogP contribution < -0.4 is 11.3 Å². The minimum atomic E-state index is -0.630. The van der Waals surface area contributed by atoms with Crippen LogP contribution in [0.5, 0.6) is 0 Å². The van der Waals surface area contributed by atoms with Crippen molar-refractivity contribution in [1.29, 1.82) is 10.5 Å². The van der Waals surface area contributed by atoms with E-state index in [2.05, 4.69) is 4.98 Å². The predicted molar refractivity (Wildman–Crippen MR) is 53.3 cm³/mol. The Hall–Kier alpha value is -2.38. The Morgan fingerprint density at radius 2 is 2.38 bits per heavy atom. The molecule has 0 aliphatic rings. The Morgan fingerprint density at radius 1 is 1.69 bits per heavy atom. The summed E-state index contributed by atoms with van der Waals surface area (Å²) in [6.07, 6.45) is 1.74. The molecule has 0 aliphatic carbocycles. The molecule has 0 saturated carbocycles. The third kappa shape index (κ3) is 1.85. The zero-order valence-electron chi connectivity index (χ0n) is 8.64. The molecule has 16 heavy (non-hydrogen) atoms. The molecule has 0 radical (unpaired) electrons. The number of hydrogen-bond donors (Lipinski definition) is 2. The van der Waals surface area contributed by atoms with Gasteiger partial charge < -0.3 is 4.57 Å². The number of carbonyl (C=O) groups is 1. The largest absolute Gasteiger partial charge is 0.309 e. The van der Waals surface area contributed by atoms with Gasteiger partial charge in [-0.2, -0.15) is 10.5 Å². The van der Waals surface area contributed by atoms with Gasteiger partial charge in [0.25, 0.3) is 5.91 Å². The van der Waals surface area contributed by atoms with Crippen molar-refractivity contribution in [2.24, 2.45) is 5.84 Å². The number of imidazole rings is 1. The smallest absolute Gasteiger partial charge is 0.256 e. The molecule has 0 fully saturated rings. The fraction of sp³-hybridized carbons (Fsp3) is 0.333. The lowest BCUT2D eigenvalue weighted by Crippen LogP contribution is -2.37. The number of nitrogens with zero attached hydrogens (tertiary/aromatic N) is 4. The van der Waals surface area contributed by atoms with Crippen molar-refractivity contribution in [2.45, 2.75) is 19.4 Å². The van der Waals surface area contributed by atoms with Gasteiger partial charge in [0.05, 0.1) is 6.33 Å². The number of hydrazine groups is 1. The summed E-state index contributed by atoms with van der Waals surface area (Å²) in [4.78, 5) is 15.2. The zero-order chi connectivity index (χ0) is 12.1. The van der Waals surface area contributed by atoms with E-state index < -0.39 is 11.9 Å². The van der Waals surface area contributed by atoms with Gasteiger partial charge in [0.2, 0.25) is 0 Å². The van der Waals surface area contributed by atoms with E-state index >= 15 is 0 Å². The Kier molecular flexibility index (Phi) is 3.59. The molecule has 7 heteroatoms. The van der Waals surface area contributed by atoms with Crippen molar-refractivity contribution in [3.05, 3.63) is 17.7 Å². The lowest BCUT2D eigenvalue weighted by molar-refractivity contribution is -0.124. The fourth-order valence-corrected chi connectivity index (χ4v) is 1.39. The van der Waals surface area contributed by atoms with Crippen molar-refractivity contribution in [3.63, 3.8) is 0 Å². The maximum absolute atomic E-state index is 11.4. The minimum absolute atomic E-state index is 0.00534. The second kappa shape index (κ2) is 4.91. The van der Waals surface area contributed by atoms with Gasteiger partial charge in [-0.25, -0.2) is 10.8 Å². The number of nitrogens with one attached hydrogen (secondary N) is 1. The summed E-state index contributed by atoms with van der Waals surface area (Å²) in [5, 5.41) is 17.6. The molecule has 1 amide bonds. The molecule has 82 valence electrons. The average Bonchev–Trinajstić information content (AvgIpc) is 2.72. The molecule has 1 aromatic rings. The summed E-state index contributed by atoms with van der Waals surface area (Å²) >= 11 is 0. The van der Waals surface area contributed by atoms with Gasteiger partial charge in [-0.1, -0.05) is 6.92 Å². The zero-order valence-corrected chi connectivity index (χ0v) is 8.64. The number of amides is 1. The Bertz CT molecular complexity index is 477. The van der Waals surface area contributed by atoms with Crippen molar-refractivity contribution >= 4 is 5.91 Å². The normalized spacial score (nSPS) is 11.2. The van der Waals surface area contributed by atoms with Gasteiger partial charge in [0, 0.05) is 0 Å². The van der Waals surface area contributed by atoms with Crippen LogP contribution in [0.2, 0.25) is 0 Å². The van der Waals surface area contributed by atoms with Crippen molar-refractivity contribution < 1.29 is 4.79 Å². The predicted octanol–water partition coefficient (Wildman–Crippen LogP) is -0.433. The standard InChI is InChI=1S/C9H10N6O/c1-2-7(9(16)14-12)15-5-13-6(3-10)8(15)4-11/h5,7H,2,12H2,1H3,(H,14,16). The molecule has 0 bridgehead atoms. The van der Waals surface area contributed by atoms with Crippen LogP contribution in [0.3, 0.4) is 0 Å². The van der Waals surface area contributed by atoms with Crippen molar-refractivity contribution in [3.8, 4) is 12.1 Å². The van der Waals surface area contributed by atoms with E-state index in [1.807, 2.05) is 11.5 Å². The average molecular weight is 218 g/mol. The maximum Gasteiger partial charge on any atom is 0.256 e. The molecule has 0 aromatic carbocycles. The van der Waals surface area contributed by atoms with Crippen LogP contribution in [0, 0.1) is 22.7 Å². The monoisotopic (exact) mass is 218 g/mol. The first kappa shape index (κ1) is 11.7. The Morgan fingerprint density at radius 3 is 2.81 bits per heavy atom. The Balaban J connectivity index is 3.23. The molecule has 1 heterocycles. The quantitative estimate of drug-likeness (QED) is 0.405. The van der Waals surface area contributed by atoms with E-state index in [1.54, 1.807) is 13.0 Å². The first-order valence-electron chi connectivity index (χ1n) is 4.57. The fourth-order valence-electron chi connectivity index (χ4n) is 1.39. The molecule has 1 rings (SSSR count). The van der Waals surface area contributed by atoms with E-state index in [4.69, 9.17) is 16.4 Å². The number of rotatable bonds is 3. The molecule has 0 saturated heterocycles. The summed E-state index contributed by atoms with van der Waals surface area (Å²) in [5.41, 5.74) is 2.09. The second-order valence-corrected chi connectivity index (χ2v) is 3.01. The first-order chi connectivity index (χ1) is 7.69. The van der Waals surface area contributed by atoms with Crippen LogP contribution in [-0.2, 0) is 4.79 Å². The molecule has 3 N–H and O–H groups in total. The molecule has 0 aliphatic heterocycles. The highest BCUT2D eigenvalue weighted by Crippen LogP contribution is 2.16. The van der Waals surface area contributed by atoms with E-state index in [9.17, 15) is 4.79 Å². The summed E-state index contributed by atoms with van der Waals surface area (Å²) in [5.74, 6) is 4.61. The lowest BCUT2D eigenvalue weighted by Gasteiger charge is -2.14. The van der Waals surface area contributed by atoms with Crippen LogP contribution in [-0.4, -0.2) is 15.5 Å². The van der Waals surface area contributed by atoms with Gasteiger partial charge in [-0.15, -0.1) is 0 Å². The summed E-state index contributed by atoms with van der Waals surface area (Å²) in [6, 6.07) is 3.00.